The number of nitrogens with zero attached hydrogens (tertiary/aromatic N) is 1. The van der Waals surface area contributed by atoms with Gasteiger partial charge in [-0.1, -0.05) is 30.3 Å². The van der Waals surface area contributed by atoms with E-state index in [2.05, 4.69) is 21.2 Å². The standard InChI is InChI=1S/C18H17BrN2O4/c19-16-12-14(21(23)24)6-7-15(16)17(22)25-18(8-10-20-11-9-18)13-4-2-1-3-5-13/h1-7,12,20H,8-11H2. The Labute approximate surface area is 153 Å². The number of nitro groups is 1. The SMILES string of the molecule is O=C(OC1(c2ccccc2)CCNCC1)c1ccc([N+](=O)[O-])cc1Br. The number of halogens is 1. The molecule has 0 radical (unpaired) electrons. The van der Waals surface area contributed by atoms with Crippen LogP contribution in [0.3, 0.4) is 0 Å². The van der Waals surface area contributed by atoms with E-state index in [1.54, 1.807) is 0 Å². The Hall–Kier alpha value is -2.25. The summed E-state index contributed by atoms with van der Waals surface area (Å²) in [6, 6.07) is 13.7. The molecule has 1 saturated heterocycles. The summed E-state index contributed by atoms with van der Waals surface area (Å²) >= 11 is 3.24. The van der Waals surface area contributed by atoms with E-state index in [4.69, 9.17) is 4.74 Å². The van der Waals surface area contributed by atoms with E-state index in [-0.39, 0.29) is 11.3 Å². The zero-order valence-electron chi connectivity index (χ0n) is 13.4. The molecule has 0 amide bonds. The van der Waals surface area contributed by atoms with Crippen molar-refractivity contribution in [3.05, 3.63) is 74.2 Å². The van der Waals surface area contributed by atoms with E-state index in [1.165, 1.54) is 18.2 Å². The molecule has 1 heterocycles. The number of hydrogen-bond acceptors (Lipinski definition) is 5. The fourth-order valence-corrected chi connectivity index (χ4v) is 3.57. The molecule has 0 aliphatic carbocycles. The minimum Gasteiger partial charge on any atom is -0.450 e. The highest BCUT2D eigenvalue weighted by molar-refractivity contribution is 9.10. The molecule has 6 nitrogen and oxygen atoms in total. The second kappa shape index (κ2) is 7.33. The highest BCUT2D eigenvalue weighted by atomic mass is 79.9. The van der Waals surface area contributed by atoms with Gasteiger partial charge in [0, 0.05) is 29.4 Å². The van der Waals surface area contributed by atoms with E-state index in [9.17, 15) is 14.9 Å². The first kappa shape index (κ1) is 17.6. The van der Waals surface area contributed by atoms with Gasteiger partial charge in [-0.05, 0) is 40.6 Å². The normalized spacial score (nSPS) is 16.2. The summed E-state index contributed by atoms with van der Waals surface area (Å²) in [5.41, 5.74) is 0.468. The Morgan fingerprint density at radius 2 is 1.84 bits per heavy atom. The third-order valence-corrected chi connectivity index (χ3v) is 5.04. The van der Waals surface area contributed by atoms with Crippen molar-refractivity contribution >= 4 is 27.6 Å². The Balaban J connectivity index is 1.90. The maximum Gasteiger partial charge on any atom is 0.340 e. The number of rotatable bonds is 4. The van der Waals surface area contributed by atoms with Gasteiger partial charge in [0.2, 0.25) is 0 Å². The van der Waals surface area contributed by atoms with Gasteiger partial charge in [0.05, 0.1) is 10.5 Å². The Bertz CT molecular complexity index is 789. The molecule has 25 heavy (non-hydrogen) atoms. The van der Waals surface area contributed by atoms with Crippen LogP contribution >= 0.6 is 15.9 Å². The van der Waals surface area contributed by atoms with Crippen molar-refractivity contribution in [2.75, 3.05) is 13.1 Å². The largest absolute Gasteiger partial charge is 0.450 e. The molecule has 0 atom stereocenters. The minimum absolute atomic E-state index is 0.0805. The summed E-state index contributed by atoms with van der Waals surface area (Å²) in [5, 5.41) is 14.1. The number of non-ortho nitro benzene ring substituents is 1. The molecule has 130 valence electrons. The van der Waals surface area contributed by atoms with Crippen molar-refractivity contribution in [1.82, 2.24) is 5.32 Å². The lowest BCUT2D eigenvalue weighted by molar-refractivity contribution is -0.384. The highest BCUT2D eigenvalue weighted by Gasteiger charge is 2.38. The quantitative estimate of drug-likeness (QED) is 0.476. The van der Waals surface area contributed by atoms with Crippen molar-refractivity contribution in [3.63, 3.8) is 0 Å². The zero-order chi connectivity index (χ0) is 17.9. The third-order valence-electron chi connectivity index (χ3n) is 4.38. The summed E-state index contributed by atoms with van der Waals surface area (Å²) in [7, 11) is 0. The van der Waals surface area contributed by atoms with Gasteiger partial charge in [-0.15, -0.1) is 0 Å². The summed E-state index contributed by atoms with van der Waals surface area (Å²) < 4.78 is 6.30. The predicted molar refractivity (Wildman–Crippen MR) is 96.4 cm³/mol. The number of ether oxygens (including phenoxy) is 1. The van der Waals surface area contributed by atoms with Crippen molar-refractivity contribution in [3.8, 4) is 0 Å². The second-order valence-electron chi connectivity index (χ2n) is 5.92. The van der Waals surface area contributed by atoms with Gasteiger partial charge in [-0.2, -0.15) is 0 Å². The lowest BCUT2D eigenvalue weighted by atomic mass is 9.84. The molecule has 2 aromatic carbocycles. The summed E-state index contributed by atoms with van der Waals surface area (Å²) in [5.74, 6) is -0.493. The fraction of sp³-hybridized carbons (Fsp3) is 0.278. The van der Waals surface area contributed by atoms with Crippen LogP contribution in [0.25, 0.3) is 0 Å². The lowest BCUT2D eigenvalue weighted by Gasteiger charge is -2.37. The molecule has 1 aliphatic rings. The molecule has 2 aromatic rings. The fourth-order valence-electron chi connectivity index (χ4n) is 3.04. The summed E-state index contributed by atoms with van der Waals surface area (Å²) in [4.78, 5) is 23.1. The number of piperidine rings is 1. The second-order valence-corrected chi connectivity index (χ2v) is 6.78. The predicted octanol–water partition coefficient (Wildman–Crippen LogP) is 3.79. The van der Waals surface area contributed by atoms with Crippen LogP contribution in [-0.4, -0.2) is 24.0 Å². The molecule has 0 saturated carbocycles. The molecule has 1 N–H and O–H groups in total. The molecule has 0 unspecified atom stereocenters. The van der Waals surface area contributed by atoms with E-state index in [1.807, 2.05) is 30.3 Å². The number of esters is 1. The van der Waals surface area contributed by atoms with Gasteiger partial charge >= 0.3 is 5.97 Å². The monoisotopic (exact) mass is 404 g/mol. The van der Waals surface area contributed by atoms with Gasteiger partial charge in [0.1, 0.15) is 5.60 Å². The van der Waals surface area contributed by atoms with Gasteiger partial charge in [-0.25, -0.2) is 4.79 Å². The van der Waals surface area contributed by atoms with Crippen LogP contribution in [0.15, 0.2) is 53.0 Å². The summed E-state index contributed by atoms with van der Waals surface area (Å²) in [6.45, 7) is 1.51. The topological polar surface area (TPSA) is 81.5 Å². The number of carbonyl (C=O) groups excluding carboxylic acids is 1. The van der Waals surface area contributed by atoms with Crippen molar-refractivity contribution in [2.24, 2.45) is 0 Å². The van der Waals surface area contributed by atoms with Crippen molar-refractivity contribution in [1.29, 1.82) is 0 Å². The Kier molecular flexibility index (Phi) is 5.15. The van der Waals surface area contributed by atoms with Gasteiger partial charge < -0.3 is 10.1 Å². The van der Waals surface area contributed by atoms with Gasteiger partial charge in [0.25, 0.3) is 5.69 Å². The average Bonchev–Trinajstić information content (AvgIpc) is 2.63. The average molecular weight is 405 g/mol. The van der Waals surface area contributed by atoms with Crippen LogP contribution in [-0.2, 0) is 10.3 Å². The molecular formula is C18H17BrN2O4. The lowest BCUT2D eigenvalue weighted by Crippen LogP contribution is -2.43. The Morgan fingerprint density at radius 1 is 1.16 bits per heavy atom. The third kappa shape index (κ3) is 3.72. The van der Waals surface area contributed by atoms with Crippen LogP contribution in [0, 0.1) is 10.1 Å². The van der Waals surface area contributed by atoms with Crippen LogP contribution in [0.2, 0.25) is 0 Å². The van der Waals surface area contributed by atoms with E-state index in [0.29, 0.717) is 17.3 Å². The van der Waals surface area contributed by atoms with Crippen molar-refractivity contribution < 1.29 is 14.5 Å². The molecule has 7 heteroatoms. The van der Waals surface area contributed by atoms with Crippen LogP contribution in [0.1, 0.15) is 28.8 Å². The van der Waals surface area contributed by atoms with Gasteiger partial charge in [0.15, 0.2) is 0 Å². The van der Waals surface area contributed by atoms with Crippen LogP contribution < -0.4 is 5.32 Å². The first-order valence-corrected chi connectivity index (χ1v) is 8.75. The molecular weight excluding hydrogens is 388 g/mol. The van der Waals surface area contributed by atoms with Crippen LogP contribution in [0.4, 0.5) is 5.69 Å². The van der Waals surface area contributed by atoms with E-state index >= 15 is 0 Å². The number of benzene rings is 2. The maximum absolute atomic E-state index is 12.8. The minimum atomic E-state index is -0.690. The van der Waals surface area contributed by atoms with Crippen LogP contribution in [0.5, 0.6) is 0 Å². The molecule has 3 rings (SSSR count). The number of nitro benzene ring substituents is 1. The molecule has 0 aromatic heterocycles. The molecule has 1 fully saturated rings. The van der Waals surface area contributed by atoms with Gasteiger partial charge in [-0.3, -0.25) is 10.1 Å². The first-order chi connectivity index (χ1) is 12.0. The highest BCUT2D eigenvalue weighted by Crippen LogP contribution is 2.36. The smallest absolute Gasteiger partial charge is 0.340 e. The van der Waals surface area contributed by atoms with E-state index in [0.717, 1.165) is 18.7 Å². The molecule has 1 aliphatic heterocycles. The summed E-state index contributed by atoms with van der Waals surface area (Å²) in [6.07, 6.45) is 1.35. The molecule has 0 bridgehead atoms. The number of carbonyl (C=O) groups is 1. The zero-order valence-corrected chi connectivity index (χ0v) is 15.0. The first-order valence-electron chi connectivity index (χ1n) is 7.95. The molecule has 0 spiro atoms. The Morgan fingerprint density at radius 3 is 2.44 bits per heavy atom. The number of hydrogen-bond donors (Lipinski definition) is 1. The van der Waals surface area contributed by atoms with E-state index < -0.39 is 16.5 Å². The van der Waals surface area contributed by atoms with Crippen molar-refractivity contribution in [2.45, 2.75) is 18.4 Å². The maximum atomic E-state index is 12.8. The number of nitrogens with one attached hydrogen (secondary N) is 1.